The molecule has 0 saturated heterocycles. The highest BCUT2D eigenvalue weighted by molar-refractivity contribution is 5.49. The highest BCUT2D eigenvalue weighted by atomic mass is 14.9. The van der Waals surface area contributed by atoms with Gasteiger partial charge in [-0.25, -0.2) is 0 Å². The van der Waals surface area contributed by atoms with Gasteiger partial charge < -0.3 is 5.32 Å². The molecule has 0 radical (unpaired) electrons. The molecule has 0 amide bonds. The van der Waals surface area contributed by atoms with Gasteiger partial charge in [0.25, 0.3) is 0 Å². The number of nitrogens with zero attached hydrogens (tertiary/aromatic N) is 1. The van der Waals surface area contributed by atoms with Crippen molar-refractivity contribution < 1.29 is 0 Å². The van der Waals surface area contributed by atoms with Crippen LogP contribution in [0.25, 0.3) is 0 Å². The van der Waals surface area contributed by atoms with E-state index >= 15 is 0 Å². The number of nitrogens with one attached hydrogen (secondary N) is 1. The fraction of sp³-hybridized carbons (Fsp3) is 0.235. The van der Waals surface area contributed by atoms with E-state index in [4.69, 9.17) is 0 Å². The summed E-state index contributed by atoms with van der Waals surface area (Å²) in [6.07, 6.45) is 0. The summed E-state index contributed by atoms with van der Waals surface area (Å²) in [5.41, 5.74) is 5.54. The standard InChI is InChI=1S/C17H18N2/c1-12-5-4-6-16(10-12)19-17(11-18)15-8-13(2)7-14(3)9-15/h4-10,17,19H,1-3H3. The Morgan fingerprint density at radius 3 is 2.21 bits per heavy atom. The predicted molar refractivity (Wildman–Crippen MR) is 79.1 cm³/mol. The molecule has 1 unspecified atom stereocenters. The lowest BCUT2D eigenvalue weighted by atomic mass is 10.0. The van der Waals surface area contributed by atoms with Crippen molar-refractivity contribution in [2.75, 3.05) is 5.32 Å². The predicted octanol–water partition coefficient (Wildman–Crippen LogP) is 4.29. The summed E-state index contributed by atoms with van der Waals surface area (Å²) < 4.78 is 0. The molecule has 0 spiro atoms. The quantitative estimate of drug-likeness (QED) is 0.882. The van der Waals surface area contributed by atoms with Crippen molar-refractivity contribution in [3.8, 4) is 6.07 Å². The largest absolute Gasteiger partial charge is 0.366 e. The monoisotopic (exact) mass is 250 g/mol. The Morgan fingerprint density at radius 1 is 0.947 bits per heavy atom. The van der Waals surface area contributed by atoms with Crippen molar-refractivity contribution in [3.05, 3.63) is 64.7 Å². The Kier molecular flexibility index (Phi) is 3.87. The molecule has 0 aliphatic heterocycles. The first-order chi connectivity index (χ1) is 9.08. The first kappa shape index (κ1) is 13.2. The Balaban J connectivity index is 2.28. The molecule has 19 heavy (non-hydrogen) atoms. The van der Waals surface area contributed by atoms with E-state index in [1.54, 1.807) is 0 Å². The molecule has 0 aliphatic rings. The summed E-state index contributed by atoms with van der Waals surface area (Å²) in [5, 5.41) is 12.7. The molecule has 0 fully saturated rings. The van der Waals surface area contributed by atoms with Gasteiger partial charge in [-0.1, -0.05) is 41.5 Å². The highest BCUT2D eigenvalue weighted by Crippen LogP contribution is 2.21. The average molecular weight is 250 g/mol. The van der Waals surface area contributed by atoms with Crippen LogP contribution in [0.2, 0.25) is 0 Å². The molecular weight excluding hydrogens is 232 g/mol. The van der Waals surface area contributed by atoms with Gasteiger partial charge in [0.05, 0.1) is 6.07 Å². The van der Waals surface area contributed by atoms with Crippen LogP contribution < -0.4 is 5.32 Å². The second-order valence-electron chi connectivity index (χ2n) is 5.00. The molecule has 2 aromatic carbocycles. The minimum absolute atomic E-state index is 0.319. The molecule has 0 aromatic heterocycles. The molecule has 2 aromatic rings. The normalized spacial score (nSPS) is 11.7. The van der Waals surface area contributed by atoms with Gasteiger partial charge in [0, 0.05) is 5.69 Å². The topological polar surface area (TPSA) is 35.8 Å². The zero-order chi connectivity index (χ0) is 13.8. The van der Waals surface area contributed by atoms with Gasteiger partial charge in [0.1, 0.15) is 6.04 Å². The lowest BCUT2D eigenvalue weighted by molar-refractivity contribution is 0.990. The minimum Gasteiger partial charge on any atom is -0.366 e. The van der Waals surface area contributed by atoms with Gasteiger partial charge >= 0.3 is 0 Å². The molecule has 0 aliphatic carbocycles. The number of benzene rings is 2. The van der Waals surface area contributed by atoms with Crippen LogP contribution in [0.5, 0.6) is 0 Å². The van der Waals surface area contributed by atoms with Crippen molar-refractivity contribution >= 4 is 5.69 Å². The Labute approximate surface area is 114 Å². The summed E-state index contributed by atoms with van der Waals surface area (Å²) in [7, 11) is 0. The molecule has 2 heteroatoms. The fourth-order valence-corrected chi connectivity index (χ4v) is 2.27. The van der Waals surface area contributed by atoms with Crippen LogP contribution in [-0.4, -0.2) is 0 Å². The number of anilines is 1. The van der Waals surface area contributed by atoms with Gasteiger partial charge in [-0.3, -0.25) is 0 Å². The SMILES string of the molecule is Cc1cccc(NC(C#N)c2cc(C)cc(C)c2)c1. The van der Waals surface area contributed by atoms with Gasteiger partial charge in [0.2, 0.25) is 0 Å². The molecule has 0 saturated carbocycles. The molecule has 96 valence electrons. The van der Waals surface area contributed by atoms with Crippen molar-refractivity contribution in [1.29, 1.82) is 5.26 Å². The van der Waals surface area contributed by atoms with Crippen LogP contribution in [0.3, 0.4) is 0 Å². The molecule has 1 atom stereocenters. The minimum atomic E-state index is -0.319. The zero-order valence-electron chi connectivity index (χ0n) is 11.6. The van der Waals surface area contributed by atoms with Crippen LogP contribution in [0.15, 0.2) is 42.5 Å². The van der Waals surface area contributed by atoms with Crippen molar-refractivity contribution in [3.63, 3.8) is 0 Å². The third-order valence-electron chi connectivity index (χ3n) is 3.04. The van der Waals surface area contributed by atoms with Crippen molar-refractivity contribution in [2.45, 2.75) is 26.8 Å². The van der Waals surface area contributed by atoms with Gasteiger partial charge in [-0.05, 0) is 44.0 Å². The first-order valence-electron chi connectivity index (χ1n) is 6.39. The number of hydrogen-bond donors (Lipinski definition) is 1. The van der Waals surface area contributed by atoms with E-state index in [0.29, 0.717) is 0 Å². The second-order valence-corrected chi connectivity index (χ2v) is 5.00. The third-order valence-corrected chi connectivity index (χ3v) is 3.04. The van der Waals surface area contributed by atoms with E-state index in [1.807, 2.05) is 31.2 Å². The molecule has 2 rings (SSSR count). The summed E-state index contributed by atoms with van der Waals surface area (Å²) in [6.45, 7) is 6.15. The van der Waals surface area contributed by atoms with Crippen LogP contribution in [-0.2, 0) is 0 Å². The number of hydrogen-bond acceptors (Lipinski definition) is 2. The first-order valence-corrected chi connectivity index (χ1v) is 6.39. The maximum Gasteiger partial charge on any atom is 0.140 e. The molecular formula is C17H18N2. The van der Waals surface area contributed by atoms with Crippen molar-refractivity contribution in [2.24, 2.45) is 0 Å². The Bertz CT molecular complexity index is 603. The second kappa shape index (κ2) is 5.58. The summed E-state index contributed by atoms with van der Waals surface area (Å²) >= 11 is 0. The van der Waals surface area contributed by atoms with Gasteiger partial charge in [-0.2, -0.15) is 5.26 Å². The maximum absolute atomic E-state index is 9.38. The van der Waals surface area contributed by atoms with E-state index in [0.717, 1.165) is 11.3 Å². The van der Waals surface area contributed by atoms with E-state index in [1.165, 1.54) is 16.7 Å². The highest BCUT2D eigenvalue weighted by Gasteiger charge is 2.11. The molecule has 1 N–H and O–H groups in total. The fourth-order valence-electron chi connectivity index (χ4n) is 2.27. The lowest BCUT2D eigenvalue weighted by Gasteiger charge is -2.15. The number of rotatable bonds is 3. The molecule has 2 nitrogen and oxygen atoms in total. The summed E-state index contributed by atoms with van der Waals surface area (Å²) in [5.74, 6) is 0. The van der Waals surface area contributed by atoms with Crippen LogP contribution >= 0.6 is 0 Å². The smallest absolute Gasteiger partial charge is 0.140 e. The van der Waals surface area contributed by atoms with Gasteiger partial charge in [-0.15, -0.1) is 0 Å². The van der Waals surface area contributed by atoms with Crippen LogP contribution in [0.4, 0.5) is 5.69 Å². The zero-order valence-corrected chi connectivity index (χ0v) is 11.6. The van der Waals surface area contributed by atoms with Gasteiger partial charge in [0.15, 0.2) is 0 Å². The number of aryl methyl sites for hydroxylation is 3. The summed E-state index contributed by atoms with van der Waals surface area (Å²) in [6, 6.07) is 16.3. The van der Waals surface area contributed by atoms with E-state index in [2.05, 4.69) is 43.4 Å². The van der Waals surface area contributed by atoms with E-state index < -0.39 is 0 Å². The Hall–Kier alpha value is -2.27. The van der Waals surface area contributed by atoms with E-state index in [-0.39, 0.29) is 6.04 Å². The Morgan fingerprint density at radius 2 is 1.63 bits per heavy atom. The number of nitriles is 1. The molecule has 0 heterocycles. The third kappa shape index (κ3) is 3.35. The van der Waals surface area contributed by atoms with Crippen LogP contribution in [0, 0.1) is 32.1 Å². The average Bonchev–Trinajstić information content (AvgIpc) is 2.34. The lowest BCUT2D eigenvalue weighted by Crippen LogP contribution is -2.09. The van der Waals surface area contributed by atoms with E-state index in [9.17, 15) is 5.26 Å². The van der Waals surface area contributed by atoms with Crippen molar-refractivity contribution in [1.82, 2.24) is 0 Å². The summed E-state index contributed by atoms with van der Waals surface area (Å²) in [4.78, 5) is 0. The van der Waals surface area contributed by atoms with Crippen LogP contribution in [0.1, 0.15) is 28.3 Å². The maximum atomic E-state index is 9.38. The molecule has 0 bridgehead atoms.